The summed E-state index contributed by atoms with van der Waals surface area (Å²) in [7, 11) is 0. The maximum absolute atomic E-state index is 12.4. The molecule has 0 bridgehead atoms. The van der Waals surface area contributed by atoms with Gasteiger partial charge < -0.3 is 10.2 Å². The molecule has 2 aliphatic rings. The quantitative estimate of drug-likeness (QED) is 0.709. The van der Waals surface area contributed by atoms with Crippen LogP contribution in [-0.4, -0.2) is 35.5 Å². The normalized spacial score (nSPS) is 34.7. The van der Waals surface area contributed by atoms with Crippen molar-refractivity contribution >= 4 is 5.91 Å². The van der Waals surface area contributed by atoms with Crippen molar-refractivity contribution in [3.8, 4) is 0 Å². The lowest BCUT2D eigenvalue weighted by atomic mass is 9.96. The molecule has 2 heterocycles. The van der Waals surface area contributed by atoms with Crippen LogP contribution in [0.4, 0.5) is 0 Å². The highest BCUT2D eigenvalue weighted by molar-refractivity contribution is 5.81. The molecule has 0 spiro atoms. The Balaban J connectivity index is 2.07. The molecule has 2 atom stereocenters. The third-order valence-electron chi connectivity index (χ3n) is 4.01. The van der Waals surface area contributed by atoms with Crippen LogP contribution in [0.2, 0.25) is 0 Å². The first kappa shape index (κ1) is 10.9. The molecule has 0 radical (unpaired) electrons. The van der Waals surface area contributed by atoms with Crippen molar-refractivity contribution in [1.29, 1.82) is 0 Å². The summed E-state index contributed by atoms with van der Waals surface area (Å²) >= 11 is 0. The average molecular weight is 210 g/mol. The number of amides is 1. The largest absolute Gasteiger partial charge is 0.337 e. The number of nitrogens with zero attached hydrogens (tertiary/aromatic N) is 1. The smallest absolute Gasteiger partial charge is 0.227 e. The summed E-state index contributed by atoms with van der Waals surface area (Å²) in [5.74, 6) is 0.581. The van der Waals surface area contributed by atoms with Gasteiger partial charge in [-0.25, -0.2) is 0 Å². The molecular weight excluding hydrogens is 188 g/mol. The molecule has 15 heavy (non-hydrogen) atoms. The van der Waals surface area contributed by atoms with E-state index < -0.39 is 0 Å². The van der Waals surface area contributed by atoms with Gasteiger partial charge in [-0.05, 0) is 46.6 Å². The number of rotatable bonds is 1. The summed E-state index contributed by atoms with van der Waals surface area (Å²) in [6.07, 6.45) is 3.31. The number of likely N-dealkylation sites (tertiary alicyclic amines) is 1. The Kier molecular flexibility index (Phi) is 2.75. The van der Waals surface area contributed by atoms with Crippen LogP contribution >= 0.6 is 0 Å². The van der Waals surface area contributed by atoms with Gasteiger partial charge in [0.25, 0.3) is 0 Å². The Labute approximate surface area is 92.2 Å². The third kappa shape index (κ3) is 1.89. The summed E-state index contributed by atoms with van der Waals surface area (Å²) in [6, 6.07) is 0.355. The molecule has 2 saturated heterocycles. The minimum atomic E-state index is 0.0827. The lowest BCUT2D eigenvalue weighted by molar-refractivity contribution is -0.138. The zero-order chi connectivity index (χ0) is 11.1. The van der Waals surface area contributed by atoms with E-state index in [1.54, 1.807) is 0 Å². The van der Waals surface area contributed by atoms with Crippen molar-refractivity contribution < 1.29 is 4.79 Å². The van der Waals surface area contributed by atoms with Gasteiger partial charge in [0, 0.05) is 18.1 Å². The van der Waals surface area contributed by atoms with E-state index >= 15 is 0 Å². The van der Waals surface area contributed by atoms with Gasteiger partial charge in [-0.2, -0.15) is 0 Å². The molecule has 2 aliphatic heterocycles. The second-order valence-corrected chi connectivity index (χ2v) is 5.54. The van der Waals surface area contributed by atoms with E-state index in [9.17, 15) is 4.79 Å². The molecule has 0 aromatic heterocycles. The molecule has 2 fully saturated rings. The monoisotopic (exact) mass is 210 g/mol. The fourth-order valence-electron chi connectivity index (χ4n) is 2.91. The number of carbonyl (C=O) groups is 1. The van der Waals surface area contributed by atoms with E-state index in [0.29, 0.717) is 11.9 Å². The molecule has 2 rings (SSSR count). The fourth-order valence-corrected chi connectivity index (χ4v) is 2.91. The van der Waals surface area contributed by atoms with Crippen LogP contribution in [0.1, 0.15) is 40.0 Å². The maximum Gasteiger partial charge on any atom is 0.227 e. The molecule has 1 amide bonds. The van der Waals surface area contributed by atoms with Gasteiger partial charge in [0.05, 0.1) is 5.92 Å². The van der Waals surface area contributed by atoms with E-state index in [1.165, 1.54) is 0 Å². The Hall–Kier alpha value is -0.570. The van der Waals surface area contributed by atoms with Crippen LogP contribution < -0.4 is 5.32 Å². The standard InChI is InChI=1S/C12H22N2O/c1-9-10(5-7-13-9)11(15)14-8-4-6-12(14,2)3/h9-10,13H,4-8H2,1-3H3. The second-order valence-electron chi connectivity index (χ2n) is 5.54. The van der Waals surface area contributed by atoms with Crippen molar-refractivity contribution in [1.82, 2.24) is 10.2 Å². The van der Waals surface area contributed by atoms with Crippen LogP contribution in [0.25, 0.3) is 0 Å². The Morgan fingerprint density at radius 2 is 2.20 bits per heavy atom. The zero-order valence-electron chi connectivity index (χ0n) is 10.0. The predicted octanol–water partition coefficient (Wildman–Crippen LogP) is 1.39. The van der Waals surface area contributed by atoms with Crippen molar-refractivity contribution in [3.63, 3.8) is 0 Å². The van der Waals surface area contributed by atoms with Crippen LogP contribution in [0, 0.1) is 5.92 Å². The van der Waals surface area contributed by atoms with E-state index in [-0.39, 0.29) is 11.5 Å². The van der Waals surface area contributed by atoms with Crippen molar-refractivity contribution in [2.45, 2.75) is 51.6 Å². The van der Waals surface area contributed by atoms with Gasteiger partial charge in [-0.15, -0.1) is 0 Å². The first-order valence-electron chi connectivity index (χ1n) is 6.07. The average Bonchev–Trinajstić information content (AvgIpc) is 2.70. The number of carbonyl (C=O) groups excluding carboxylic acids is 1. The number of hydrogen-bond donors (Lipinski definition) is 1. The van der Waals surface area contributed by atoms with Crippen LogP contribution in [0.5, 0.6) is 0 Å². The van der Waals surface area contributed by atoms with Crippen molar-refractivity contribution in [2.75, 3.05) is 13.1 Å². The Morgan fingerprint density at radius 3 is 2.67 bits per heavy atom. The highest BCUT2D eigenvalue weighted by atomic mass is 16.2. The number of nitrogens with one attached hydrogen (secondary N) is 1. The Morgan fingerprint density at radius 1 is 1.47 bits per heavy atom. The molecule has 3 heteroatoms. The maximum atomic E-state index is 12.4. The lowest BCUT2D eigenvalue weighted by Crippen LogP contribution is -2.47. The second kappa shape index (κ2) is 3.78. The van der Waals surface area contributed by atoms with Gasteiger partial charge >= 0.3 is 0 Å². The lowest BCUT2D eigenvalue weighted by Gasteiger charge is -2.34. The molecular formula is C12H22N2O. The van der Waals surface area contributed by atoms with Gasteiger partial charge in [-0.3, -0.25) is 4.79 Å². The predicted molar refractivity (Wildman–Crippen MR) is 60.6 cm³/mol. The fraction of sp³-hybridized carbons (Fsp3) is 0.917. The minimum Gasteiger partial charge on any atom is -0.337 e. The Bertz CT molecular complexity index is 262. The van der Waals surface area contributed by atoms with E-state index in [0.717, 1.165) is 32.4 Å². The zero-order valence-corrected chi connectivity index (χ0v) is 10.0. The molecule has 2 unspecified atom stereocenters. The van der Waals surface area contributed by atoms with Crippen molar-refractivity contribution in [3.05, 3.63) is 0 Å². The van der Waals surface area contributed by atoms with Crippen molar-refractivity contribution in [2.24, 2.45) is 5.92 Å². The van der Waals surface area contributed by atoms with Gasteiger partial charge in [0.1, 0.15) is 0 Å². The summed E-state index contributed by atoms with van der Waals surface area (Å²) in [6.45, 7) is 8.44. The van der Waals surface area contributed by atoms with Crippen LogP contribution in [0.3, 0.4) is 0 Å². The summed E-state index contributed by atoms with van der Waals surface area (Å²) < 4.78 is 0. The molecule has 3 nitrogen and oxygen atoms in total. The molecule has 0 saturated carbocycles. The number of hydrogen-bond acceptors (Lipinski definition) is 2. The molecule has 0 aromatic carbocycles. The molecule has 0 aromatic rings. The SMILES string of the molecule is CC1NCCC1C(=O)N1CCCC1(C)C. The first-order chi connectivity index (χ1) is 7.02. The highest BCUT2D eigenvalue weighted by Gasteiger charge is 2.40. The molecule has 0 aliphatic carbocycles. The van der Waals surface area contributed by atoms with E-state index in [2.05, 4.69) is 31.0 Å². The highest BCUT2D eigenvalue weighted by Crippen LogP contribution is 2.31. The molecule has 86 valence electrons. The summed E-state index contributed by atoms with van der Waals surface area (Å²) in [4.78, 5) is 14.5. The van der Waals surface area contributed by atoms with Gasteiger partial charge in [-0.1, -0.05) is 0 Å². The van der Waals surface area contributed by atoms with Crippen LogP contribution in [0.15, 0.2) is 0 Å². The van der Waals surface area contributed by atoms with Gasteiger partial charge in [0.15, 0.2) is 0 Å². The van der Waals surface area contributed by atoms with Crippen LogP contribution in [-0.2, 0) is 4.79 Å². The summed E-state index contributed by atoms with van der Waals surface area (Å²) in [5, 5.41) is 3.35. The van der Waals surface area contributed by atoms with E-state index in [1.807, 2.05) is 0 Å². The first-order valence-corrected chi connectivity index (χ1v) is 6.07. The van der Waals surface area contributed by atoms with Gasteiger partial charge in [0.2, 0.25) is 5.91 Å². The molecule has 1 N–H and O–H groups in total. The minimum absolute atomic E-state index is 0.0827. The third-order valence-corrected chi connectivity index (χ3v) is 4.01. The van der Waals surface area contributed by atoms with E-state index in [4.69, 9.17) is 0 Å². The topological polar surface area (TPSA) is 32.3 Å². The summed E-state index contributed by atoms with van der Waals surface area (Å²) in [5.41, 5.74) is 0.0827.